The summed E-state index contributed by atoms with van der Waals surface area (Å²) in [4.78, 5) is 17.3. The molecule has 0 bridgehead atoms. The number of thiophene rings is 1. The molecule has 0 saturated heterocycles. The number of carbonyl (C=O) groups is 1. The molecule has 1 heterocycles. The van der Waals surface area contributed by atoms with Crippen LogP contribution in [0.3, 0.4) is 0 Å². The summed E-state index contributed by atoms with van der Waals surface area (Å²) >= 11 is 1.77. The molecule has 0 saturated carbocycles. The van der Waals surface area contributed by atoms with E-state index in [4.69, 9.17) is 4.74 Å². The van der Waals surface area contributed by atoms with Gasteiger partial charge in [0.05, 0.1) is 6.61 Å². The largest absolute Gasteiger partial charge is 0.494 e. The van der Waals surface area contributed by atoms with Crippen molar-refractivity contribution < 1.29 is 9.53 Å². The number of hydrogen-bond donors (Lipinski definition) is 0. The summed E-state index contributed by atoms with van der Waals surface area (Å²) in [5.74, 6) is 0.962. The van der Waals surface area contributed by atoms with Crippen molar-refractivity contribution in [2.45, 2.75) is 72.1 Å². The summed E-state index contributed by atoms with van der Waals surface area (Å²) in [5, 5.41) is 1.08. The lowest BCUT2D eigenvalue weighted by Crippen LogP contribution is -2.28. The fraction of sp³-hybridized carbons (Fsp3) is 0.500. The first-order valence-corrected chi connectivity index (χ1v) is 14.0. The molecule has 2 aromatic carbocycles. The zero-order chi connectivity index (χ0) is 24.2. The SMILES string of the molecule is CCCCc1sc2ccccc2c1C(=O)c1ccc(OCCCN(CCCC)CCCC)cc1. The normalized spacial score (nSPS) is 11.4. The number of hydrogen-bond acceptors (Lipinski definition) is 4. The Kier molecular flexibility index (Phi) is 11.1. The Hall–Kier alpha value is -2.17. The highest BCUT2D eigenvalue weighted by atomic mass is 32.1. The molecule has 0 aliphatic rings. The fourth-order valence-corrected chi connectivity index (χ4v) is 5.53. The lowest BCUT2D eigenvalue weighted by Gasteiger charge is -2.21. The highest BCUT2D eigenvalue weighted by molar-refractivity contribution is 7.19. The number of ether oxygens (including phenoxy) is 1. The van der Waals surface area contributed by atoms with Crippen LogP contribution in [0.15, 0.2) is 48.5 Å². The van der Waals surface area contributed by atoms with Gasteiger partial charge < -0.3 is 9.64 Å². The highest BCUT2D eigenvalue weighted by Crippen LogP contribution is 2.34. The van der Waals surface area contributed by atoms with E-state index in [-0.39, 0.29) is 5.78 Å². The van der Waals surface area contributed by atoms with Gasteiger partial charge in [0.25, 0.3) is 0 Å². The van der Waals surface area contributed by atoms with E-state index in [2.05, 4.69) is 43.9 Å². The van der Waals surface area contributed by atoms with Crippen LogP contribution in [0.1, 0.15) is 86.5 Å². The number of ketones is 1. The minimum absolute atomic E-state index is 0.123. The molecule has 3 nitrogen and oxygen atoms in total. The summed E-state index contributed by atoms with van der Waals surface area (Å²) in [5.41, 5.74) is 1.63. The van der Waals surface area contributed by atoms with E-state index in [1.165, 1.54) is 48.3 Å². The summed E-state index contributed by atoms with van der Waals surface area (Å²) in [6, 6.07) is 16.0. The van der Waals surface area contributed by atoms with Gasteiger partial charge in [0.1, 0.15) is 5.75 Å². The molecule has 0 amide bonds. The van der Waals surface area contributed by atoms with Gasteiger partial charge in [-0.3, -0.25) is 4.79 Å². The molecule has 4 heteroatoms. The van der Waals surface area contributed by atoms with Gasteiger partial charge in [-0.15, -0.1) is 11.3 Å². The molecule has 184 valence electrons. The molecule has 0 radical (unpaired) electrons. The molecule has 0 fully saturated rings. The second-order valence-electron chi connectivity index (χ2n) is 9.10. The molecule has 0 spiro atoms. The number of rotatable bonds is 16. The van der Waals surface area contributed by atoms with Crippen LogP contribution in [0.2, 0.25) is 0 Å². The molecule has 0 unspecified atom stereocenters. The zero-order valence-corrected chi connectivity index (χ0v) is 22.1. The number of fused-ring (bicyclic) bond motifs is 1. The standard InChI is InChI=1S/C30H41NO2S/c1-4-7-14-28-29(26-13-10-11-15-27(26)34-28)30(32)24-16-18-25(19-17-24)33-23-12-22-31(20-8-5-2)21-9-6-3/h10-11,13,15-19H,4-9,12,14,20-23H2,1-3H3. The quantitative estimate of drug-likeness (QED) is 0.153. The van der Waals surface area contributed by atoms with E-state index in [9.17, 15) is 4.79 Å². The summed E-state index contributed by atoms with van der Waals surface area (Å²) in [6.45, 7) is 10.9. The minimum Gasteiger partial charge on any atom is -0.494 e. The van der Waals surface area contributed by atoms with E-state index >= 15 is 0 Å². The third kappa shape index (κ3) is 7.41. The predicted octanol–water partition coefficient (Wildman–Crippen LogP) is 8.15. The molecular weight excluding hydrogens is 438 g/mol. The number of aryl methyl sites for hydroxylation is 1. The highest BCUT2D eigenvalue weighted by Gasteiger charge is 2.20. The van der Waals surface area contributed by atoms with Gasteiger partial charge in [0.15, 0.2) is 5.78 Å². The van der Waals surface area contributed by atoms with Gasteiger partial charge in [-0.1, -0.05) is 58.2 Å². The summed E-state index contributed by atoms with van der Waals surface area (Å²) < 4.78 is 7.20. The molecule has 1 aromatic heterocycles. The first-order valence-electron chi connectivity index (χ1n) is 13.2. The summed E-state index contributed by atoms with van der Waals surface area (Å²) in [7, 11) is 0. The number of nitrogens with zero attached hydrogens (tertiary/aromatic N) is 1. The van der Waals surface area contributed by atoms with Crippen molar-refractivity contribution in [3.8, 4) is 5.75 Å². The monoisotopic (exact) mass is 479 g/mol. The van der Waals surface area contributed by atoms with Gasteiger partial charge in [0, 0.05) is 32.6 Å². The maximum atomic E-state index is 13.5. The van der Waals surface area contributed by atoms with Crippen LogP contribution in [0.5, 0.6) is 5.75 Å². The van der Waals surface area contributed by atoms with Gasteiger partial charge in [-0.25, -0.2) is 0 Å². The van der Waals surface area contributed by atoms with Crippen molar-refractivity contribution in [3.05, 3.63) is 64.5 Å². The third-order valence-electron chi connectivity index (χ3n) is 6.31. The van der Waals surface area contributed by atoms with Gasteiger partial charge in [-0.2, -0.15) is 0 Å². The average Bonchev–Trinajstić information content (AvgIpc) is 3.24. The number of benzene rings is 2. The van der Waals surface area contributed by atoms with Crippen LogP contribution < -0.4 is 4.74 Å². The Morgan fingerprint density at radius 2 is 1.47 bits per heavy atom. The van der Waals surface area contributed by atoms with Crippen LogP contribution in [0.4, 0.5) is 0 Å². The van der Waals surface area contributed by atoms with Crippen molar-refractivity contribution in [1.82, 2.24) is 4.90 Å². The van der Waals surface area contributed by atoms with E-state index in [0.29, 0.717) is 6.61 Å². The topological polar surface area (TPSA) is 29.5 Å². The first kappa shape index (κ1) is 26.4. The average molecular weight is 480 g/mol. The Morgan fingerprint density at radius 3 is 2.15 bits per heavy atom. The van der Waals surface area contributed by atoms with E-state index in [0.717, 1.165) is 54.5 Å². The molecule has 0 N–H and O–H groups in total. The first-order chi connectivity index (χ1) is 16.7. The smallest absolute Gasteiger partial charge is 0.194 e. The molecule has 34 heavy (non-hydrogen) atoms. The zero-order valence-electron chi connectivity index (χ0n) is 21.3. The minimum atomic E-state index is 0.123. The third-order valence-corrected chi connectivity index (χ3v) is 7.54. The Balaban J connectivity index is 1.60. The second kappa shape index (κ2) is 14.3. The second-order valence-corrected chi connectivity index (χ2v) is 10.2. The molecule has 0 aliphatic heterocycles. The fourth-order valence-electron chi connectivity index (χ4n) is 4.28. The summed E-state index contributed by atoms with van der Waals surface area (Å²) in [6.07, 6.45) is 9.23. The van der Waals surface area contributed by atoms with E-state index in [1.54, 1.807) is 11.3 Å². The van der Waals surface area contributed by atoms with Crippen molar-refractivity contribution in [1.29, 1.82) is 0 Å². The Labute approximate surface area is 210 Å². The predicted molar refractivity (Wildman–Crippen MR) is 147 cm³/mol. The number of carbonyl (C=O) groups excluding carboxylic acids is 1. The molecule has 3 aromatic rings. The number of unbranched alkanes of at least 4 members (excludes halogenated alkanes) is 3. The van der Waals surface area contributed by atoms with Crippen LogP contribution in [0.25, 0.3) is 10.1 Å². The molecule has 0 atom stereocenters. The van der Waals surface area contributed by atoms with Crippen molar-refractivity contribution in [3.63, 3.8) is 0 Å². The Morgan fingerprint density at radius 1 is 0.824 bits per heavy atom. The lowest BCUT2D eigenvalue weighted by molar-refractivity contribution is 0.104. The van der Waals surface area contributed by atoms with Crippen LogP contribution in [0, 0.1) is 0 Å². The van der Waals surface area contributed by atoms with Crippen LogP contribution in [-0.2, 0) is 6.42 Å². The van der Waals surface area contributed by atoms with E-state index < -0.39 is 0 Å². The van der Waals surface area contributed by atoms with Gasteiger partial charge >= 0.3 is 0 Å². The van der Waals surface area contributed by atoms with Crippen molar-refractivity contribution in [2.24, 2.45) is 0 Å². The Bertz CT molecular complexity index is 1000. The molecule has 3 rings (SSSR count). The molecule has 0 aliphatic carbocycles. The van der Waals surface area contributed by atoms with Crippen molar-refractivity contribution >= 4 is 27.2 Å². The van der Waals surface area contributed by atoms with Crippen molar-refractivity contribution in [2.75, 3.05) is 26.2 Å². The van der Waals surface area contributed by atoms with Gasteiger partial charge in [-0.05, 0) is 75.5 Å². The lowest BCUT2D eigenvalue weighted by atomic mass is 9.98. The molecular formula is C30H41NO2S. The maximum Gasteiger partial charge on any atom is 0.194 e. The maximum absolute atomic E-state index is 13.5. The van der Waals surface area contributed by atoms with Gasteiger partial charge in [0.2, 0.25) is 0 Å². The van der Waals surface area contributed by atoms with Crippen LogP contribution >= 0.6 is 11.3 Å². The van der Waals surface area contributed by atoms with Crippen LogP contribution in [-0.4, -0.2) is 36.9 Å². The van der Waals surface area contributed by atoms with E-state index in [1.807, 2.05) is 30.3 Å².